The van der Waals surface area contributed by atoms with Gasteiger partial charge in [0, 0.05) is 42.7 Å². The van der Waals surface area contributed by atoms with Gasteiger partial charge in [-0.25, -0.2) is 4.98 Å². The second-order valence-corrected chi connectivity index (χ2v) is 9.37. The number of aromatic nitrogens is 3. The van der Waals surface area contributed by atoms with Gasteiger partial charge in [-0.1, -0.05) is 11.6 Å². The molecule has 12 heteroatoms. The fourth-order valence-corrected chi connectivity index (χ4v) is 4.54. The van der Waals surface area contributed by atoms with Crippen LogP contribution in [0.4, 0.5) is 17.5 Å². The van der Waals surface area contributed by atoms with Gasteiger partial charge >= 0.3 is 0 Å². The highest BCUT2D eigenvalue weighted by Crippen LogP contribution is 2.35. The Bertz CT molecular complexity index is 1340. The lowest BCUT2D eigenvalue weighted by molar-refractivity contribution is -0.122. The smallest absolute Gasteiger partial charge is 0.293 e. The molecule has 0 radical (unpaired) electrons. The molecule has 1 aromatic carbocycles. The Labute approximate surface area is 211 Å². The highest BCUT2D eigenvalue weighted by molar-refractivity contribution is 6.33. The van der Waals surface area contributed by atoms with Crippen LogP contribution in [0.1, 0.15) is 12.8 Å². The number of hydrogen-bond donors (Lipinski definition) is 2. The van der Waals surface area contributed by atoms with Crippen LogP contribution in [-0.4, -0.2) is 59.2 Å². The van der Waals surface area contributed by atoms with Crippen LogP contribution in [0.2, 0.25) is 5.02 Å². The molecule has 1 amide bonds. The Morgan fingerprint density at radius 2 is 2.06 bits per heavy atom. The number of nitrogens with zero attached hydrogens (tertiary/aromatic N) is 4. The summed E-state index contributed by atoms with van der Waals surface area (Å²) < 4.78 is 13.0. The second kappa shape index (κ2) is 9.79. The number of pyridine rings is 1. The fourth-order valence-electron chi connectivity index (χ4n) is 4.21. The number of ether oxygens (including phenoxy) is 2. The van der Waals surface area contributed by atoms with Gasteiger partial charge in [0.05, 0.1) is 18.3 Å². The minimum Gasteiger partial charge on any atom is -0.489 e. The molecule has 0 saturated carbocycles. The number of piperidine rings is 1. The lowest BCUT2D eigenvalue weighted by Crippen LogP contribution is -2.35. The van der Waals surface area contributed by atoms with Crippen molar-refractivity contribution in [2.45, 2.75) is 24.8 Å². The van der Waals surface area contributed by atoms with Crippen molar-refractivity contribution < 1.29 is 14.3 Å². The van der Waals surface area contributed by atoms with E-state index >= 15 is 0 Å². The first-order valence-electron chi connectivity index (χ1n) is 11.3. The lowest BCUT2D eigenvalue weighted by atomic mass is 10.1. The summed E-state index contributed by atoms with van der Waals surface area (Å²) in [5.74, 6) is 1.36. The van der Waals surface area contributed by atoms with E-state index < -0.39 is 0 Å². The molecule has 2 aliphatic rings. The molecule has 0 spiro atoms. The van der Waals surface area contributed by atoms with E-state index in [0.717, 1.165) is 25.9 Å². The number of hydrogen-bond acceptors (Lipinski definition) is 8. The second-order valence-electron chi connectivity index (χ2n) is 8.34. The summed E-state index contributed by atoms with van der Waals surface area (Å²) >= 11 is 12.6. The Balaban J connectivity index is 1.49. The number of benzene rings is 1. The van der Waals surface area contributed by atoms with Gasteiger partial charge in [0.1, 0.15) is 17.4 Å². The topological polar surface area (TPSA) is 111 Å². The monoisotopic (exact) mass is 518 g/mol. The Hall–Kier alpha value is -3.24. The van der Waals surface area contributed by atoms with Crippen molar-refractivity contribution in [2.75, 3.05) is 43.6 Å². The van der Waals surface area contributed by atoms with Crippen LogP contribution in [0.3, 0.4) is 0 Å². The molecular weight excluding hydrogens is 495 g/mol. The molecule has 0 aliphatic carbocycles. The van der Waals surface area contributed by atoms with Crippen LogP contribution in [0.5, 0.6) is 11.5 Å². The van der Waals surface area contributed by atoms with Crippen LogP contribution in [0.15, 0.2) is 29.2 Å². The first kappa shape index (κ1) is 23.5. The highest BCUT2D eigenvalue weighted by Gasteiger charge is 2.22. The molecule has 3 aromatic rings. The SMILES string of the molecule is CNC(=O)COc1cc2cc(Nc3nc(N4CCC(Cl)CC4)ncc3Cl)cc3c2n(c1=O)CCO3. The maximum Gasteiger partial charge on any atom is 0.293 e. The first-order chi connectivity index (χ1) is 16.9. The van der Waals surface area contributed by atoms with E-state index in [1.807, 2.05) is 6.07 Å². The van der Waals surface area contributed by atoms with E-state index in [2.05, 4.69) is 25.5 Å². The lowest BCUT2D eigenvalue weighted by Gasteiger charge is -2.29. The number of nitrogens with one attached hydrogen (secondary N) is 2. The van der Waals surface area contributed by atoms with Crippen LogP contribution in [-0.2, 0) is 11.3 Å². The van der Waals surface area contributed by atoms with Crippen molar-refractivity contribution in [3.05, 3.63) is 39.8 Å². The third-order valence-corrected chi connectivity index (χ3v) is 6.74. The summed E-state index contributed by atoms with van der Waals surface area (Å²) in [5, 5.41) is 6.99. The average molecular weight is 519 g/mol. The summed E-state index contributed by atoms with van der Waals surface area (Å²) in [6, 6.07) is 5.27. The van der Waals surface area contributed by atoms with Gasteiger partial charge in [0.25, 0.3) is 11.5 Å². The summed E-state index contributed by atoms with van der Waals surface area (Å²) in [6.07, 6.45) is 3.31. The van der Waals surface area contributed by atoms with Gasteiger partial charge in [-0.15, -0.1) is 11.6 Å². The number of alkyl halides is 1. The average Bonchev–Trinajstić information content (AvgIpc) is 2.86. The van der Waals surface area contributed by atoms with Crippen LogP contribution >= 0.6 is 23.2 Å². The first-order valence-corrected chi connectivity index (χ1v) is 12.1. The van der Waals surface area contributed by atoms with Crippen LogP contribution in [0.25, 0.3) is 10.9 Å². The zero-order valence-corrected chi connectivity index (χ0v) is 20.5. The summed E-state index contributed by atoms with van der Waals surface area (Å²) in [7, 11) is 1.51. The third-order valence-electron chi connectivity index (χ3n) is 6.03. The van der Waals surface area contributed by atoms with E-state index in [0.29, 0.717) is 52.3 Å². The van der Waals surface area contributed by atoms with Gasteiger partial charge in [-0.3, -0.25) is 14.2 Å². The molecule has 4 heterocycles. The van der Waals surface area contributed by atoms with Gasteiger partial charge in [-0.05, 0) is 25.0 Å². The van der Waals surface area contributed by atoms with Crippen molar-refractivity contribution in [3.63, 3.8) is 0 Å². The molecule has 184 valence electrons. The zero-order valence-electron chi connectivity index (χ0n) is 19.0. The maximum absolute atomic E-state index is 12.9. The van der Waals surface area contributed by atoms with Crippen molar-refractivity contribution in [2.24, 2.45) is 0 Å². The predicted octanol–water partition coefficient (Wildman–Crippen LogP) is 2.91. The molecule has 0 bridgehead atoms. The van der Waals surface area contributed by atoms with Gasteiger partial charge in [0.2, 0.25) is 5.95 Å². The standard InChI is InChI=1S/C23H24Cl2N6O4/c1-26-19(32)12-35-18-9-13-8-15(10-17-20(13)31(22(18)33)6-7-34-17)28-21-16(25)11-27-23(29-21)30-4-2-14(24)3-5-30/h8-11,14H,2-7,12H2,1H3,(H,26,32)(H,27,28,29). The number of rotatable bonds is 6. The van der Waals surface area contributed by atoms with E-state index in [1.54, 1.807) is 22.9 Å². The van der Waals surface area contributed by atoms with Crippen molar-refractivity contribution >= 4 is 57.5 Å². The minimum absolute atomic E-state index is 0.0937. The molecule has 0 unspecified atom stereocenters. The third kappa shape index (κ3) is 4.81. The molecule has 5 rings (SSSR count). The van der Waals surface area contributed by atoms with Gasteiger partial charge in [0.15, 0.2) is 18.2 Å². The van der Waals surface area contributed by atoms with Crippen molar-refractivity contribution in [1.82, 2.24) is 19.9 Å². The zero-order chi connectivity index (χ0) is 24.5. The maximum atomic E-state index is 12.9. The molecule has 35 heavy (non-hydrogen) atoms. The molecular formula is C23H24Cl2N6O4. The van der Waals surface area contributed by atoms with E-state index in [1.165, 1.54) is 7.05 Å². The number of amides is 1. The Morgan fingerprint density at radius 3 is 2.83 bits per heavy atom. The van der Waals surface area contributed by atoms with Crippen molar-refractivity contribution in [3.8, 4) is 11.5 Å². The number of halogens is 2. The Kier molecular flexibility index (Phi) is 6.57. The summed E-state index contributed by atoms with van der Waals surface area (Å²) in [4.78, 5) is 35.6. The largest absolute Gasteiger partial charge is 0.489 e. The van der Waals surface area contributed by atoms with E-state index in [4.69, 9.17) is 32.7 Å². The Morgan fingerprint density at radius 1 is 1.26 bits per heavy atom. The van der Waals surface area contributed by atoms with Crippen molar-refractivity contribution in [1.29, 1.82) is 0 Å². The fraction of sp³-hybridized carbons (Fsp3) is 0.391. The molecule has 2 aliphatic heterocycles. The molecule has 1 saturated heterocycles. The number of carbonyl (C=O) groups excluding carboxylic acids is 1. The van der Waals surface area contributed by atoms with Crippen LogP contribution in [0, 0.1) is 0 Å². The minimum atomic E-state index is -0.327. The van der Waals surface area contributed by atoms with Gasteiger partial charge < -0.3 is 25.0 Å². The molecule has 0 atom stereocenters. The summed E-state index contributed by atoms with van der Waals surface area (Å²) in [5.41, 5.74) is 1.02. The quantitative estimate of drug-likeness (QED) is 0.479. The number of likely N-dealkylation sites (N-methyl/N-ethyl adjacent to an activating group) is 1. The molecule has 10 nitrogen and oxygen atoms in total. The van der Waals surface area contributed by atoms with E-state index in [9.17, 15) is 9.59 Å². The van der Waals surface area contributed by atoms with Crippen LogP contribution < -0.4 is 30.6 Å². The molecule has 2 N–H and O–H groups in total. The summed E-state index contributed by atoms with van der Waals surface area (Å²) in [6.45, 7) is 2.02. The van der Waals surface area contributed by atoms with Gasteiger partial charge in [-0.2, -0.15) is 4.98 Å². The van der Waals surface area contributed by atoms with E-state index in [-0.39, 0.29) is 29.2 Å². The number of carbonyl (C=O) groups is 1. The molecule has 1 fully saturated rings. The highest BCUT2D eigenvalue weighted by atomic mass is 35.5. The molecule has 2 aromatic heterocycles. The number of anilines is 3. The predicted molar refractivity (Wildman–Crippen MR) is 135 cm³/mol. The normalized spacial score (nSPS) is 15.6.